The van der Waals surface area contributed by atoms with E-state index in [-0.39, 0.29) is 17.6 Å². The second-order valence-electron chi connectivity index (χ2n) is 7.74. The summed E-state index contributed by atoms with van der Waals surface area (Å²) in [6.07, 6.45) is 2.70. The summed E-state index contributed by atoms with van der Waals surface area (Å²) in [7, 11) is 0. The third-order valence-electron chi connectivity index (χ3n) is 6.14. The molecule has 0 saturated carbocycles. The molecule has 5 nitrogen and oxygen atoms in total. The van der Waals surface area contributed by atoms with E-state index in [0.29, 0.717) is 24.0 Å². The van der Waals surface area contributed by atoms with E-state index in [9.17, 15) is 9.59 Å². The first-order valence-corrected chi connectivity index (χ1v) is 9.80. The van der Waals surface area contributed by atoms with Crippen LogP contribution in [-0.4, -0.2) is 11.7 Å². The first kappa shape index (κ1) is 16.4. The van der Waals surface area contributed by atoms with Crippen molar-refractivity contribution in [2.24, 2.45) is 0 Å². The number of rotatable bonds is 1. The zero-order valence-electron chi connectivity index (χ0n) is 15.6. The van der Waals surface area contributed by atoms with E-state index in [1.54, 1.807) is 11.2 Å². The molecule has 3 aliphatic rings. The number of nitrogens with one attached hydrogen (secondary N) is 1. The van der Waals surface area contributed by atoms with Crippen LogP contribution in [0.2, 0.25) is 0 Å². The van der Waals surface area contributed by atoms with Crippen molar-refractivity contribution in [3.8, 4) is 0 Å². The smallest absolute Gasteiger partial charge is 0.259 e. The molecular weight excluding hydrogens is 364 g/mol. The second-order valence-corrected chi connectivity index (χ2v) is 7.74. The van der Waals surface area contributed by atoms with Crippen molar-refractivity contribution in [2.75, 3.05) is 10.2 Å². The van der Waals surface area contributed by atoms with E-state index in [1.807, 2.05) is 60.7 Å². The number of amides is 1. The average Bonchev–Trinajstić information content (AvgIpc) is 3.33. The fourth-order valence-electron chi connectivity index (χ4n) is 4.89. The van der Waals surface area contributed by atoms with Gasteiger partial charge in [-0.2, -0.15) is 0 Å². The van der Waals surface area contributed by atoms with Gasteiger partial charge >= 0.3 is 0 Å². The minimum Gasteiger partial charge on any atom is -0.469 e. The molecule has 3 aromatic rings. The van der Waals surface area contributed by atoms with Crippen molar-refractivity contribution >= 4 is 23.1 Å². The van der Waals surface area contributed by atoms with Crippen molar-refractivity contribution in [1.29, 1.82) is 0 Å². The van der Waals surface area contributed by atoms with Crippen molar-refractivity contribution < 1.29 is 14.0 Å². The molecular formula is C24H18N2O3. The van der Waals surface area contributed by atoms with Gasteiger partial charge in [0.1, 0.15) is 5.76 Å². The van der Waals surface area contributed by atoms with Gasteiger partial charge in [0.15, 0.2) is 5.78 Å². The molecule has 0 spiro atoms. The number of para-hydroxylation sites is 2. The van der Waals surface area contributed by atoms with E-state index in [0.717, 1.165) is 28.4 Å². The van der Waals surface area contributed by atoms with Crippen LogP contribution >= 0.6 is 0 Å². The molecule has 2 atom stereocenters. The van der Waals surface area contributed by atoms with E-state index in [2.05, 4.69) is 5.32 Å². The third-order valence-corrected chi connectivity index (χ3v) is 6.14. The first-order valence-electron chi connectivity index (χ1n) is 9.80. The van der Waals surface area contributed by atoms with E-state index >= 15 is 0 Å². The Kier molecular flexibility index (Phi) is 3.36. The molecule has 2 aromatic carbocycles. The Hall–Kier alpha value is -3.60. The van der Waals surface area contributed by atoms with Crippen molar-refractivity contribution in [3.63, 3.8) is 0 Å². The number of carbonyl (C=O) groups is 2. The number of benzene rings is 2. The number of hydrogen-bond acceptors (Lipinski definition) is 4. The molecule has 29 heavy (non-hydrogen) atoms. The van der Waals surface area contributed by atoms with Crippen molar-refractivity contribution in [1.82, 2.24) is 0 Å². The molecule has 0 bridgehead atoms. The maximum Gasteiger partial charge on any atom is 0.259 e. The average molecular weight is 382 g/mol. The molecule has 142 valence electrons. The minimum absolute atomic E-state index is 0.00480. The molecule has 0 unspecified atom stereocenters. The molecule has 1 aromatic heterocycles. The van der Waals surface area contributed by atoms with Crippen LogP contribution in [0, 0.1) is 0 Å². The highest BCUT2D eigenvalue weighted by atomic mass is 16.3. The van der Waals surface area contributed by atoms with Gasteiger partial charge in [-0.25, -0.2) is 0 Å². The molecule has 1 amide bonds. The summed E-state index contributed by atoms with van der Waals surface area (Å²) in [5.74, 6) is 0.820. The summed E-state index contributed by atoms with van der Waals surface area (Å²) < 4.78 is 5.59. The molecule has 0 saturated heterocycles. The maximum absolute atomic E-state index is 13.4. The monoisotopic (exact) mass is 382 g/mol. The van der Waals surface area contributed by atoms with Crippen LogP contribution in [0.4, 0.5) is 11.4 Å². The third kappa shape index (κ3) is 2.27. The highest BCUT2D eigenvalue weighted by molar-refractivity contribution is 6.16. The lowest BCUT2D eigenvalue weighted by Gasteiger charge is -2.30. The molecule has 0 fully saturated rings. The van der Waals surface area contributed by atoms with Crippen LogP contribution in [0.25, 0.3) is 0 Å². The fraction of sp³-hybridized carbons (Fsp3) is 0.167. The van der Waals surface area contributed by atoms with E-state index in [4.69, 9.17) is 4.42 Å². The van der Waals surface area contributed by atoms with Crippen molar-refractivity contribution in [2.45, 2.75) is 24.8 Å². The highest BCUT2D eigenvalue weighted by Gasteiger charge is 2.46. The summed E-state index contributed by atoms with van der Waals surface area (Å²) in [5.41, 5.74) is 4.79. The lowest BCUT2D eigenvalue weighted by molar-refractivity contribution is -0.116. The molecule has 1 N–H and O–H groups in total. The van der Waals surface area contributed by atoms with Gasteiger partial charge in [0.2, 0.25) is 0 Å². The van der Waals surface area contributed by atoms with Gasteiger partial charge in [-0.05, 0) is 42.3 Å². The summed E-state index contributed by atoms with van der Waals surface area (Å²) in [4.78, 5) is 28.5. The quantitative estimate of drug-likeness (QED) is 0.656. The number of Topliss-reactive ketones (excluding diaryl/α,β-unsaturated/α-hetero) is 1. The number of nitrogens with zero attached hydrogens (tertiary/aromatic N) is 1. The minimum atomic E-state index is -0.394. The number of carbonyl (C=O) groups excluding carboxylic acids is 2. The van der Waals surface area contributed by atoms with Gasteiger partial charge in [0, 0.05) is 29.2 Å². The fourth-order valence-corrected chi connectivity index (χ4v) is 4.89. The van der Waals surface area contributed by atoms with Crippen molar-refractivity contribution in [3.05, 3.63) is 95.1 Å². The lowest BCUT2D eigenvalue weighted by atomic mass is 9.80. The maximum atomic E-state index is 13.4. The van der Waals surface area contributed by atoms with Gasteiger partial charge in [-0.3, -0.25) is 14.5 Å². The molecule has 0 radical (unpaired) electrons. The van der Waals surface area contributed by atoms with Crippen LogP contribution in [0.1, 0.15) is 46.5 Å². The number of anilines is 2. The summed E-state index contributed by atoms with van der Waals surface area (Å²) in [5, 5.41) is 3.49. The van der Waals surface area contributed by atoms with E-state index < -0.39 is 6.04 Å². The number of ketones is 1. The van der Waals surface area contributed by atoms with Crippen LogP contribution in [0.3, 0.4) is 0 Å². The zero-order valence-corrected chi connectivity index (χ0v) is 15.6. The Morgan fingerprint density at radius 2 is 1.76 bits per heavy atom. The molecule has 2 aliphatic heterocycles. The SMILES string of the molecule is O=C1C[C@H](c2ccco2)CC2=C1[C@@H]1c3ccccc3C(=O)N1c1ccccc1N2. The number of furan rings is 1. The summed E-state index contributed by atoms with van der Waals surface area (Å²) in [6, 6.07) is 18.8. The van der Waals surface area contributed by atoms with Crippen LogP contribution < -0.4 is 10.2 Å². The Morgan fingerprint density at radius 1 is 0.931 bits per heavy atom. The molecule has 3 heterocycles. The Bertz CT molecular complexity index is 1190. The summed E-state index contributed by atoms with van der Waals surface area (Å²) >= 11 is 0. The van der Waals surface area contributed by atoms with Crippen LogP contribution in [0.5, 0.6) is 0 Å². The van der Waals surface area contributed by atoms with Gasteiger partial charge in [-0.1, -0.05) is 30.3 Å². The Balaban J connectivity index is 1.57. The standard InChI is InChI=1S/C24H18N2O3/c27-20-13-14(21-10-5-11-29-21)12-18-22(20)23-15-6-1-2-7-16(15)24(28)26(23)19-9-4-3-8-17(19)25-18/h1-11,14,23,25H,12-13H2/t14-,23+/m1/s1. The number of hydrogen-bond donors (Lipinski definition) is 1. The topological polar surface area (TPSA) is 62.6 Å². The lowest BCUT2D eigenvalue weighted by Crippen LogP contribution is -2.32. The number of allylic oxidation sites excluding steroid dienone is 1. The molecule has 5 heteroatoms. The first-order chi connectivity index (χ1) is 14.2. The van der Waals surface area contributed by atoms with Gasteiger partial charge < -0.3 is 9.73 Å². The van der Waals surface area contributed by atoms with Crippen LogP contribution in [-0.2, 0) is 4.79 Å². The second kappa shape index (κ2) is 5.95. The predicted octanol–water partition coefficient (Wildman–Crippen LogP) is 4.81. The highest BCUT2D eigenvalue weighted by Crippen LogP contribution is 2.50. The van der Waals surface area contributed by atoms with Crippen LogP contribution in [0.15, 0.2) is 82.6 Å². The summed E-state index contributed by atoms with van der Waals surface area (Å²) in [6.45, 7) is 0. The predicted molar refractivity (Wildman–Crippen MR) is 109 cm³/mol. The van der Waals surface area contributed by atoms with Gasteiger partial charge in [0.05, 0.1) is 23.7 Å². The zero-order chi connectivity index (χ0) is 19.5. The normalized spacial score (nSPS) is 22.4. The Morgan fingerprint density at radius 3 is 2.62 bits per heavy atom. The largest absolute Gasteiger partial charge is 0.469 e. The van der Waals surface area contributed by atoms with Gasteiger partial charge in [0.25, 0.3) is 5.91 Å². The molecule has 6 rings (SSSR count). The molecule has 1 aliphatic carbocycles. The number of fused-ring (bicyclic) bond motifs is 6. The van der Waals surface area contributed by atoms with Gasteiger partial charge in [-0.15, -0.1) is 0 Å². The Labute approximate surface area is 167 Å². The van der Waals surface area contributed by atoms with E-state index in [1.165, 1.54) is 0 Å².